The molecule has 1 atom stereocenters. The normalized spacial score (nSPS) is 21.2. The van der Waals surface area contributed by atoms with Crippen LogP contribution in [-0.2, 0) is 9.53 Å². The van der Waals surface area contributed by atoms with Crippen molar-refractivity contribution in [3.05, 3.63) is 59.8 Å². The number of carbonyl (C=O) groups is 2. The van der Waals surface area contributed by atoms with Crippen LogP contribution in [0.4, 0.5) is 0 Å². The molecule has 0 saturated carbocycles. The summed E-state index contributed by atoms with van der Waals surface area (Å²) in [5.41, 5.74) is 1.07. The molecule has 162 valence electrons. The van der Waals surface area contributed by atoms with Crippen LogP contribution in [0.2, 0.25) is 0 Å². The lowest BCUT2D eigenvalue weighted by Gasteiger charge is -2.42. The number of likely N-dealkylation sites (tertiary alicyclic amines) is 1. The summed E-state index contributed by atoms with van der Waals surface area (Å²) in [5, 5.41) is 0. The summed E-state index contributed by atoms with van der Waals surface area (Å²) < 4.78 is 5.52. The van der Waals surface area contributed by atoms with E-state index in [1.54, 1.807) is 0 Å². The molecular weight excluding hydrogens is 376 g/mol. The van der Waals surface area contributed by atoms with E-state index < -0.39 is 5.41 Å². The molecule has 0 aliphatic carbocycles. The third-order valence-electron chi connectivity index (χ3n) is 6.31. The van der Waals surface area contributed by atoms with Gasteiger partial charge >= 0.3 is 5.97 Å². The second-order valence-corrected chi connectivity index (χ2v) is 8.33. The van der Waals surface area contributed by atoms with E-state index >= 15 is 0 Å². The van der Waals surface area contributed by atoms with Crippen LogP contribution in [0, 0.1) is 5.41 Å². The molecule has 1 amide bonds. The molecular formula is C25H34N2O3. The van der Waals surface area contributed by atoms with E-state index in [4.69, 9.17) is 4.74 Å². The fourth-order valence-electron chi connectivity index (χ4n) is 4.40. The molecule has 2 aliphatic rings. The molecule has 0 radical (unpaired) electrons. The minimum absolute atomic E-state index is 0.00295. The first kappa shape index (κ1) is 22.3. The van der Waals surface area contributed by atoms with Gasteiger partial charge in [0, 0.05) is 11.8 Å². The number of ether oxygens (including phenoxy) is 1. The van der Waals surface area contributed by atoms with Gasteiger partial charge in [0.1, 0.15) is 0 Å². The predicted octanol–water partition coefficient (Wildman–Crippen LogP) is 4.42. The van der Waals surface area contributed by atoms with Crippen molar-refractivity contribution in [3.63, 3.8) is 0 Å². The molecule has 0 spiro atoms. The fraction of sp³-hybridized carbons (Fsp3) is 0.520. The maximum atomic E-state index is 13.2. The first-order valence-corrected chi connectivity index (χ1v) is 11.2. The molecule has 3 rings (SSSR count). The van der Waals surface area contributed by atoms with Gasteiger partial charge in [0.05, 0.1) is 18.1 Å². The van der Waals surface area contributed by atoms with E-state index in [9.17, 15) is 9.59 Å². The summed E-state index contributed by atoms with van der Waals surface area (Å²) in [5.74, 6) is -0.136. The number of rotatable bonds is 7. The molecule has 2 aliphatic heterocycles. The van der Waals surface area contributed by atoms with Crippen LogP contribution in [0.3, 0.4) is 0 Å². The van der Waals surface area contributed by atoms with Gasteiger partial charge in [-0.3, -0.25) is 9.59 Å². The summed E-state index contributed by atoms with van der Waals surface area (Å²) in [6.07, 6.45) is 10.4. The maximum Gasteiger partial charge on any atom is 0.316 e. The Kier molecular flexibility index (Phi) is 7.48. The van der Waals surface area contributed by atoms with Gasteiger partial charge in [0.15, 0.2) is 0 Å². The number of amides is 1. The molecule has 1 unspecified atom stereocenters. The Hall–Kier alpha value is -2.40. The number of unbranched alkanes of at least 4 members (excludes halogenated alkanes) is 1. The third-order valence-corrected chi connectivity index (χ3v) is 6.31. The first-order chi connectivity index (χ1) is 14.5. The lowest BCUT2D eigenvalue weighted by atomic mass is 9.71. The van der Waals surface area contributed by atoms with Gasteiger partial charge in [0.2, 0.25) is 0 Å². The zero-order valence-electron chi connectivity index (χ0n) is 18.5. The fourth-order valence-corrected chi connectivity index (χ4v) is 4.40. The van der Waals surface area contributed by atoms with Gasteiger partial charge in [-0.25, -0.2) is 0 Å². The van der Waals surface area contributed by atoms with E-state index in [2.05, 4.69) is 24.9 Å². The average molecular weight is 411 g/mol. The van der Waals surface area contributed by atoms with Crippen LogP contribution in [0.25, 0.3) is 0 Å². The Labute approximate surface area is 180 Å². The van der Waals surface area contributed by atoms with E-state index in [0.29, 0.717) is 12.2 Å². The highest BCUT2D eigenvalue weighted by molar-refractivity contribution is 5.95. The Balaban J connectivity index is 1.92. The zero-order chi connectivity index (χ0) is 21.6. The monoisotopic (exact) mass is 410 g/mol. The molecule has 5 heteroatoms. The Morgan fingerprint density at radius 2 is 1.83 bits per heavy atom. The molecule has 1 saturated heterocycles. The van der Waals surface area contributed by atoms with Crippen LogP contribution >= 0.6 is 0 Å². The average Bonchev–Trinajstić information content (AvgIpc) is 2.78. The smallest absolute Gasteiger partial charge is 0.316 e. The summed E-state index contributed by atoms with van der Waals surface area (Å²) in [6.45, 7) is 6.11. The standard InChI is InChI=1S/C25H34N2O3/c1-4-6-12-22-19-21(13-16-27(22)23(28)20-10-8-7-9-11-20)25(24(29)30-5-2)14-17-26(3)18-15-25/h7-11,13,16,19,22H,4-6,12,14-15,17-18H2,1-3H3. The van der Waals surface area contributed by atoms with E-state index in [-0.39, 0.29) is 17.9 Å². The number of hydrogen-bond acceptors (Lipinski definition) is 4. The van der Waals surface area contributed by atoms with Crippen molar-refractivity contribution >= 4 is 11.9 Å². The van der Waals surface area contributed by atoms with Crippen LogP contribution in [0.1, 0.15) is 56.3 Å². The second-order valence-electron chi connectivity index (χ2n) is 8.33. The van der Waals surface area contributed by atoms with Crippen LogP contribution < -0.4 is 0 Å². The van der Waals surface area contributed by atoms with Crippen molar-refractivity contribution in [2.45, 2.75) is 52.0 Å². The van der Waals surface area contributed by atoms with Gasteiger partial charge in [-0.05, 0) is 70.1 Å². The summed E-state index contributed by atoms with van der Waals surface area (Å²) in [6, 6.07) is 9.34. The van der Waals surface area contributed by atoms with E-state index in [1.807, 2.05) is 54.4 Å². The lowest BCUT2D eigenvalue weighted by molar-refractivity contribution is -0.155. The van der Waals surface area contributed by atoms with Gasteiger partial charge in [0.25, 0.3) is 5.91 Å². The van der Waals surface area contributed by atoms with Gasteiger partial charge < -0.3 is 14.5 Å². The molecule has 2 heterocycles. The molecule has 0 aromatic heterocycles. The van der Waals surface area contributed by atoms with Crippen LogP contribution in [-0.4, -0.2) is 54.5 Å². The van der Waals surface area contributed by atoms with Crippen molar-refractivity contribution in [3.8, 4) is 0 Å². The maximum absolute atomic E-state index is 13.2. The molecule has 1 aromatic rings. The number of hydrogen-bond donors (Lipinski definition) is 0. The van der Waals surface area contributed by atoms with Gasteiger partial charge in [-0.1, -0.05) is 44.0 Å². The van der Waals surface area contributed by atoms with E-state index in [0.717, 1.165) is 50.8 Å². The third kappa shape index (κ3) is 4.67. The largest absolute Gasteiger partial charge is 0.465 e. The topological polar surface area (TPSA) is 49.9 Å². The molecule has 5 nitrogen and oxygen atoms in total. The van der Waals surface area contributed by atoms with Crippen LogP contribution in [0.5, 0.6) is 0 Å². The second kappa shape index (κ2) is 10.1. The number of carbonyl (C=O) groups excluding carboxylic acids is 2. The van der Waals surface area contributed by atoms with Crippen LogP contribution in [0.15, 0.2) is 54.3 Å². The number of piperidine rings is 1. The summed E-state index contributed by atoms with van der Waals surface area (Å²) >= 11 is 0. The molecule has 30 heavy (non-hydrogen) atoms. The Morgan fingerprint density at radius 1 is 1.13 bits per heavy atom. The number of benzene rings is 1. The quantitative estimate of drug-likeness (QED) is 0.625. The highest BCUT2D eigenvalue weighted by Crippen LogP contribution is 2.42. The highest BCUT2D eigenvalue weighted by Gasteiger charge is 2.45. The summed E-state index contributed by atoms with van der Waals surface area (Å²) in [7, 11) is 2.09. The SMILES string of the molecule is CCCCC1C=C(C2(C(=O)OCC)CCN(C)CC2)C=CN1C(=O)c1ccccc1. The number of esters is 1. The number of allylic oxidation sites excluding steroid dienone is 1. The number of nitrogens with zero attached hydrogens (tertiary/aromatic N) is 2. The minimum atomic E-state index is -0.620. The molecule has 0 bridgehead atoms. The van der Waals surface area contributed by atoms with Crippen molar-refractivity contribution < 1.29 is 14.3 Å². The lowest BCUT2D eigenvalue weighted by Crippen LogP contribution is -2.46. The van der Waals surface area contributed by atoms with Crippen molar-refractivity contribution in [1.29, 1.82) is 0 Å². The highest BCUT2D eigenvalue weighted by atomic mass is 16.5. The molecule has 1 fully saturated rings. The van der Waals surface area contributed by atoms with Gasteiger partial charge in [-0.2, -0.15) is 0 Å². The molecule has 1 aromatic carbocycles. The summed E-state index contributed by atoms with van der Waals surface area (Å²) in [4.78, 5) is 30.3. The molecule has 0 N–H and O–H groups in total. The van der Waals surface area contributed by atoms with Crippen molar-refractivity contribution in [2.75, 3.05) is 26.7 Å². The zero-order valence-corrected chi connectivity index (χ0v) is 18.5. The Bertz CT molecular complexity index is 792. The first-order valence-electron chi connectivity index (χ1n) is 11.2. The predicted molar refractivity (Wildman–Crippen MR) is 119 cm³/mol. The van der Waals surface area contributed by atoms with Crippen molar-refractivity contribution in [1.82, 2.24) is 9.80 Å². The van der Waals surface area contributed by atoms with Crippen molar-refractivity contribution in [2.24, 2.45) is 5.41 Å². The van der Waals surface area contributed by atoms with Gasteiger partial charge in [-0.15, -0.1) is 0 Å². The minimum Gasteiger partial charge on any atom is -0.465 e. The van der Waals surface area contributed by atoms with E-state index in [1.165, 1.54) is 0 Å². The Morgan fingerprint density at radius 3 is 2.47 bits per heavy atom.